The molecule has 3 heterocycles. The van der Waals surface area contributed by atoms with Crippen LogP contribution in [0.15, 0.2) is 77.8 Å². The van der Waals surface area contributed by atoms with E-state index in [-0.39, 0.29) is 23.3 Å². The van der Waals surface area contributed by atoms with Gasteiger partial charge in [0.15, 0.2) is 0 Å². The molecule has 7 rings (SSSR count). The van der Waals surface area contributed by atoms with Crippen molar-refractivity contribution in [1.29, 1.82) is 0 Å². The number of rotatable bonds is 8. The molecule has 1 amide bonds. The van der Waals surface area contributed by atoms with Gasteiger partial charge in [0.25, 0.3) is 0 Å². The van der Waals surface area contributed by atoms with Crippen LogP contribution in [0.5, 0.6) is 5.75 Å². The van der Waals surface area contributed by atoms with Gasteiger partial charge in [-0.15, -0.1) is 0 Å². The molecule has 1 aliphatic carbocycles. The number of carbonyl (C=O) groups excluding carboxylic acids is 1. The fourth-order valence-electron chi connectivity index (χ4n) is 7.37. The number of likely N-dealkylation sites (N-methyl/N-ethyl adjacent to an activating group) is 1. The molecule has 242 valence electrons. The summed E-state index contributed by atoms with van der Waals surface area (Å²) in [4.78, 5) is 18.9. The molecule has 3 aromatic carbocycles. The van der Waals surface area contributed by atoms with Crippen molar-refractivity contribution in [3.8, 4) is 5.75 Å². The Bertz CT molecular complexity index is 1850. The van der Waals surface area contributed by atoms with Crippen molar-refractivity contribution in [2.75, 3.05) is 46.9 Å². The lowest BCUT2D eigenvalue weighted by Gasteiger charge is -2.36. The molecule has 1 N–H and O–H groups in total. The number of benzene rings is 3. The van der Waals surface area contributed by atoms with E-state index in [4.69, 9.17) is 4.74 Å². The monoisotopic (exact) mass is 641 g/mol. The standard InChI is InChI=1S/C36H43N5O4S/c1-38-15-17-39(18-16-38)25-26-8-13-32-29(21-26)5-3-6-33(32)37-36(42)24-35-34-7-4-14-40(34)19-20-41(35)46(43,44)31-12-10-27-22-30(45-2)11-9-28(27)23-31/h4,7-14,21-23,33,35H,3,5-6,15-20,24-25H2,1-2H3,(H,37,42). The van der Waals surface area contributed by atoms with Gasteiger partial charge >= 0.3 is 0 Å². The number of hydrogen-bond acceptors (Lipinski definition) is 6. The van der Waals surface area contributed by atoms with E-state index in [1.807, 2.05) is 42.6 Å². The number of ether oxygens (including phenoxy) is 1. The van der Waals surface area contributed by atoms with Crippen molar-refractivity contribution in [1.82, 2.24) is 24.0 Å². The molecule has 3 aliphatic rings. The molecule has 2 unspecified atom stereocenters. The number of piperazine rings is 1. The minimum absolute atomic E-state index is 0.0569. The van der Waals surface area contributed by atoms with E-state index in [0.29, 0.717) is 13.1 Å². The van der Waals surface area contributed by atoms with Gasteiger partial charge in [0.1, 0.15) is 5.75 Å². The van der Waals surface area contributed by atoms with Crippen LogP contribution >= 0.6 is 0 Å². The normalized spacial score (nSPS) is 21.1. The Morgan fingerprint density at radius 2 is 1.74 bits per heavy atom. The number of carbonyl (C=O) groups is 1. The Balaban J connectivity index is 1.09. The third kappa shape index (κ3) is 6.19. The largest absolute Gasteiger partial charge is 0.497 e. The third-order valence-corrected chi connectivity index (χ3v) is 11.9. The fraction of sp³-hybridized carbons (Fsp3) is 0.417. The number of aromatic nitrogens is 1. The van der Waals surface area contributed by atoms with E-state index in [1.54, 1.807) is 19.2 Å². The summed E-state index contributed by atoms with van der Waals surface area (Å²) < 4.78 is 37.3. The van der Waals surface area contributed by atoms with E-state index in [0.717, 1.165) is 74.2 Å². The molecule has 0 radical (unpaired) electrons. The summed E-state index contributed by atoms with van der Waals surface area (Å²) in [6, 6.07) is 20.7. The van der Waals surface area contributed by atoms with Gasteiger partial charge in [0, 0.05) is 64.1 Å². The summed E-state index contributed by atoms with van der Waals surface area (Å²) in [6.45, 7) is 6.15. The molecule has 9 nitrogen and oxygen atoms in total. The predicted molar refractivity (Wildman–Crippen MR) is 179 cm³/mol. The highest BCUT2D eigenvalue weighted by Crippen LogP contribution is 2.36. The van der Waals surface area contributed by atoms with E-state index in [2.05, 4.69) is 44.9 Å². The van der Waals surface area contributed by atoms with Crippen LogP contribution in [-0.2, 0) is 34.3 Å². The molecule has 1 aromatic heterocycles. The minimum Gasteiger partial charge on any atom is -0.497 e. The van der Waals surface area contributed by atoms with Crippen LogP contribution in [0.25, 0.3) is 10.8 Å². The summed E-state index contributed by atoms with van der Waals surface area (Å²) in [7, 11) is -0.0951. The van der Waals surface area contributed by atoms with Crippen molar-refractivity contribution >= 4 is 26.7 Å². The lowest BCUT2D eigenvalue weighted by molar-refractivity contribution is -0.123. The first kappa shape index (κ1) is 30.9. The summed E-state index contributed by atoms with van der Waals surface area (Å²) >= 11 is 0. The van der Waals surface area contributed by atoms with Gasteiger partial charge in [-0.1, -0.05) is 30.3 Å². The van der Waals surface area contributed by atoms with E-state index in [9.17, 15) is 13.2 Å². The molecule has 0 bridgehead atoms. The lowest BCUT2D eigenvalue weighted by atomic mass is 9.86. The Morgan fingerprint density at radius 1 is 0.935 bits per heavy atom. The molecule has 1 saturated heterocycles. The highest BCUT2D eigenvalue weighted by Gasteiger charge is 2.38. The van der Waals surface area contributed by atoms with Gasteiger partial charge in [-0.3, -0.25) is 9.69 Å². The zero-order chi connectivity index (χ0) is 31.8. The first-order valence-electron chi connectivity index (χ1n) is 16.3. The number of methoxy groups -OCH3 is 1. The first-order chi connectivity index (χ1) is 22.3. The van der Waals surface area contributed by atoms with Crippen LogP contribution in [0, 0.1) is 0 Å². The van der Waals surface area contributed by atoms with Gasteiger partial charge in [-0.2, -0.15) is 4.31 Å². The van der Waals surface area contributed by atoms with Gasteiger partial charge in [0.05, 0.1) is 24.1 Å². The molecule has 4 aromatic rings. The molecule has 10 heteroatoms. The number of aryl methyl sites for hydroxylation is 1. The fourth-order valence-corrected chi connectivity index (χ4v) is 9.00. The summed E-state index contributed by atoms with van der Waals surface area (Å²) in [5, 5.41) is 5.02. The molecule has 0 spiro atoms. The van der Waals surface area contributed by atoms with Crippen molar-refractivity contribution in [3.05, 3.63) is 95.3 Å². The molecular weight excluding hydrogens is 598 g/mol. The molecular formula is C36H43N5O4S. The quantitative estimate of drug-likeness (QED) is 0.300. The van der Waals surface area contributed by atoms with Crippen molar-refractivity contribution < 1.29 is 17.9 Å². The van der Waals surface area contributed by atoms with Crippen LogP contribution in [-0.4, -0.2) is 79.9 Å². The maximum Gasteiger partial charge on any atom is 0.243 e. The number of fused-ring (bicyclic) bond motifs is 3. The second-order valence-electron chi connectivity index (χ2n) is 13.0. The topological polar surface area (TPSA) is 87.1 Å². The molecule has 1 fully saturated rings. The molecule has 2 aliphatic heterocycles. The van der Waals surface area contributed by atoms with Gasteiger partial charge in [-0.25, -0.2) is 8.42 Å². The summed E-state index contributed by atoms with van der Waals surface area (Å²) in [5.74, 6) is 0.586. The Hall–Kier alpha value is -3.70. The van der Waals surface area contributed by atoms with E-state index >= 15 is 0 Å². The average molecular weight is 642 g/mol. The number of amides is 1. The van der Waals surface area contributed by atoms with Gasteiger partial charge in [0.2, 0.25) is 15.9 Å². The summed E-state index contributed by atoms with van der Waals surface area (Å²) in [5.41, 5.74) is 4.67. The highest BCUT2D eigenvalue weighted by molar-refractivity contribution is 7.89. The number of nitrogens with one attached hydrogen (secondary N) is 1. The Morgan fingerprint density at radius 3 is 2.57 bits per heavy atom. The van der Waals surface area contributed by atoms with Crippen LogP contribution in [0.3, 0.4) is 0 Å². The smallest absolute Gasteiger partial charge is 0.243 e. The van der Waals surface area contributed by atoms with Crippen molar-refractivity contribution in [2.24, 2.45) is 0 Å². The van der Waals surface area contributed by atoms with Crippen molar-refractivity contribution in [2.45, 2.75) is 55.8 Å². The van der Waals surface area contributed by atoms with E-state index < -0.39 is 16.1 Å². The third-order valence-electron chi connectivity index (χ3n) is 9.98. The minimum atomic E-state index is -3.88. The zero-order valence-corrected chi connectivity index (χ0v) is 27.5. The Kier molecular flexibility index (Phi) is 8.63. The molecule has 46 heavy (non-hydrogen) atoms. The van der Waals surface area contributed by atoms with Crippen molar-refractivity contribution in [3.63, 3.8) is 0 Å². The Labute approximate surface area is 271 Å². The number of hydrogen-bond donors (Lipinski definition) is 1. The molecule has 2 atom stereocenters. The second kappa shape index (κ2) is 12.8. The van der Waals surface area contributed by atoms with Crippen LogP contribution in [0.2, 0.25) is 0 Å². The first-order valence-corrected chi connectivity index (χ1v) is 17.8. The van der Waals surface area contributed by atoms with Crippen LogP contribution < -0.4 is 10.1 Å². The van der Waals surface area contributed by atoms with Crippen LogP contribution in [0.1, 0.15) is 53.7 Å². The van der Waals surface area contributed by atoms with E-state index in [1.165, 1.54) is 21.0 Å². The number of sulfonamides is 1. The van der Waals surface area contributed by atoms with Gasteiger partial charge in [-0.05, 0) is 90.2 Å². The highest BCUT2D eigenvalue weighted by atomic mass is 32.2. The predicted octanol–water partition coefficient (Wildman–Crippen LogP) is 4.73. The average Bonchev–Trinajstić information content (AvgIpc) is 3.55. The van der Waals surface area contributed by atoms with Gasteiger partial charge < -0.3 is 19.5 Å². The molecule has 0 saturated carbocycles. The second-order valence-corrected chi connectivity index (χ2v) is 14.9. The number of nitrogens with zero attached hydrogens (tertiary/aromatic N) is 4. The van der Waals surface area contributed by atoms with Crippen LogP contribution in [0.4, 0.5) is 0 Å². The lowest BCUT2D eigenvalue weighted by Crippen LogP contribution is -2.44. The summed E-state index contributed by atoms with van der Waals surface area (Å²) in [6.07, 6.45) is 4.92. The SMILES string of the molecule is COc1ccc2cc(S(=O)(=O)N3CCn4cccc4C3CC(=O)NC3CCCc4cc(CN5CCN(C)CC5)ccc43)ccc2c1. The maximum absolute atomic E-state index is 14.2. The zero-order valence-electron chi connectivity index (χ0n) is 26.7. The maximum atomic E-state index is 14.2.